The Bertz CT molecular complexity index is 306. The molecule has 0 N–H and O–H groups in total. The predicted octanol–water partition coefficient (Wildman–Crippen LogP) is 7.72. The number of rotatable bonds is 16. The average Bonchev–Trinajstić information content (AvgIpc) is 3.04. The number of aryl methyl sites for hydroxylation is 1. The van der Waals surface area contributed by atoms with Gasteiger partial charge < -0.3 is 0 Å². The van der Waals surface area contributed by atoms with E-state index in [0.717, 1.165) is 0 Å². The maximum atomic E-state index is 2.27. The molecule has 0 aliphatic carbocycles. The van der Waals surface area contributed by atoms with Crippen LogP contribution in [0.2, 0.25) is 0 Å². The molecule has 1 aromatic rings. The fourth-order valence-electron chi connectivity index (χ4n) is 2.87. The summed E-state index contributed by atoms with van der Waals surface area (Å²) in [6.07, 6.45) is 18.7. The second-order valence-corrected chi connectivity index (χ2v) is 8.70. The van der Waals surface area contributed by atoms with Crippen LogP contribution in [0.4, 0.5) is 0 Å². The van der Waals surface area contributed by atoms with Gasteiger partial charge in [0.1, 0.15) is 0 Å². The minimum absolute atomic E-state index is 1.29. The molecular weight excluding hydrogens is 304 g/mol. The highest BCUT2D eigenvalue weighted by Crippen LogP contribution is 2.15. The van der Waals surface area contributed by atoms with Gasteiger partial charge in [0.05, 0.1) is 0 Å². The molecule has 0 aliphatic heterocycles. The van der Waals surface area contributed by atoms with Crippen molar-refractivity contribution in [1.82, 2.24) is 0 Å². The van der Waals surface area contributed by atoms with Crippen LogP contribution in [0, 0.1) is 0 Å². The van der Waals surface area contributed by atoms with Crippen LogP contribution in [0.1, 0.15) is 88.9 Å². The number of hydrogen-bond donors (Lipinski definition) is 0. The molecule has 0 spiro atoms. The van der Waals surface area contributed by atoms with Crippen LogP contribution in [-0.2, 0) is 6.42 Å². The van der Waals surface area contributed by atoms with Gasteiger partial charge in [-0.3, -0.25) is 0 Å². The van der Waals surface area contributed by atoms with E-state index in [0.29, 0.717) is 0 Å². The SMILES string of the molecule is CCSCCCCCCCCCCCCCCc1cccs1. The fraction of sp³-hybridized carbons (Fsp3) is 0.800. The lowest BCUT2D eigenvalue weighted by Crippen LogP contribution is -1.85. The van der Waals surface area contributed by atoms with Gasteiger partial charge in [-0.05, 0) is 42.2 Å². The summed E-state index contributed by atoms with van der Waals surface area (Å²) in [5.74, 6) is 2.66. The highest BCUT2D eigenvalue weighted by molar-refractivity contribution is 7.99. The van der Waals surface area contributed by atoms with Gasteiger partial charge in [-0.15, -0.1) is 11.3 Å². The van der Waals surface area contributed by atoms with Crippen LogP contribution < -0.4 is 0 Å². The monoisotopic (exact) mass is 340 g/mol. The molecule has 0 radical (unpaired) electrons. The molecule has 0 aromatic carbocycles. The minimum Gasteiger partial charge on any atom is -0.162 e. The summed E-state index contributed by atoms with van der Waals surface area (Å²) in [5, 5.41) is 2.19. The van der Waals surface area contributed by atoms with E-state index >= 15 is 0 Å². The van der Waals surface area contributed by atoms with Gasteiger partial charge >= 0.3 is 0 Å². The minimum atomic E-state index is 1.29. The van der Waals surface area contributed by atoms with Gasteiger partial charge in [0.25, 0.3) is 0 Å². The maximum Gasteiger partial charge on any atom is 0.00452 e. The molecule has 0 bridgehead atoms. The van der Waals surface area contributed by atoms with Crippen molar-refractivity contribution in [3.05, 3.63) is 22.4 Å². The Labute approximate surface area is 147 Å². The molecule has 22 heavy (non-hydrogen) atoms. The molecule has 0 atom stereocenters. The maximum absolute atomic E-state index is 2.27. The lowest BCUT2D eigenvalue weighted by molar-refractivity contribution is 0.545. The first kappa shape index (κ1) is 20.1. The molecule has 128 valence electrons. The van der Waals surface area contributed by atoms with E-state index in [1.807, 2.05) is 11.3 Å². The quantitative estimate of drug-likeness (QED) is 0.277. The standard InChI is InChI=1S/C20H36S2/c1-2-21-18-14-12-10-8-6-4-3-5-7-9-11-13-16-20-17-15-19-22-20/h15,17,19H,2-14,16,18H2,1H3. The van der Waals surface area contributed by atoms with Gasteiger partial charge in [-0.2, -0.15) is 11.8 Å². The smallest absolute Gasteiger partial charge is 0.00452 e. The first-order valence-electron chi connectivity index (χ1n) is 9.53. The molecule has 0 aliphatic rings. The van der Waals surface area contributed by atoms with Crippen LogP contribution in [0.15, 0.2) is 17.5 Å². The zero-order valence-corrected chi connectivity index (χ0v) is 16.3. The van der Waals surface area contributed by atoms with E-state index in [2.05, 4.69) is 36.2 Å². The fourth-order valence-corrected chi connectivity index (χ4v) is 4.32. The van der Waals surface area contributed by atoms with Crippen molar-refractivity contribution in [3.8, 4) is 0 Å². The summed E-state index contributed by atoms with van der Waals surface area (Å²) in [6.45, 7) is 2.26. The van der Waals surface area contributed by atoms with E-state index in [1.54, 1.807) is 4.88 Å². The summed E-state index contributed by atoms with van der Waals surface area (Å²) >= 11 is 4.00. The van der Waals surface area contributed by atoms with Crippen molar-refractivity contribution in [1.29, 1.82) is 0 Å². The Hall–Kier alpha value is 0.0500. The Morgan fingerprint density at radius 3 is 1.82 bits per heavy atom. The number of thioether (sulfide) groups is 1. The van der Waals surface area contributed by atoms with Crippen LogP contribution in [0.25, 0.3) is 0 Å². The van der Waals surface area contributed by atoms with E-state index < -0.39 is 0 Å². The number of thiophene rings is 1. The first-order valence-corrected chi connectivity index (χ1v) is 11.6. The summed E-state index contributed by atoms with van der Waals surface area (Å²) < 4.78 is 0. The van der Waals surface area contributed by atoms with Gasteiger partial charge in [0, 0.05) is 4.88 Å². The lowest BCUT2D eigenvalue weighted by atomic mass is 10.0. The lowest BCUT2D eigenvalue weighted by Gasteiger charge is -2.03. The highest BCUT2D eigenvalue weighted by atomic mass is 32.2. The van der Waals surface area contributed by atoms with Crippen LogP contribution in [-0.4, -0.2) is 11.5 Å². The molecule has 0 saturated heterocycles. The van der Waals surface area contributed by atoms with Gasteiger partial charge in [0.15, 0.2) is 0 Å². The number of unbranched alkanes of at least 4 members (excludes halogenated alkanes) is 11. The van der Waals surface area contributed by atoms with Crippen molar-refractivity contribution in [3.63, 3.8) is 0 Å². The zero-order valence-electron chi connectivity index (χ0n) is 14.7. The molecule has 0 fully saturated rings. The van der Waals surface area contributed by atoms with E-state index in [4.69, 9.17) is 0 Å². The van der Waals surface area contributed by atoms with Crippen LogP contribution >= 0.6 is 23.1 Å². The van der Waals surface area contributed by atoms with Crippen molar-refractivity contribution in [2.24, 2.45) is 0 Å². The molecule has 0 nitrogen and oxygen atoms in total. The second-order valence-electron chi connectivity index (χ2n) is 6.27. The number of hydrogen-bond acceptors (Lipinski definition) is 2. The largest absolute Gasteiger partial charge is 0.162 e. The normalized spacial score (nSPS) is 11.1. The summed E-state index contributed by atoms with van der Waals surface area (Å²) in [5.41, 5.74) is 0. The zero-order chi connectivity index (χ0) is 15.7. The summed E-state index contributed by atoms with van der Waals surface area (Å²) in [6, 6.07) is 4.44. The van der Waals surface area contributed by atoms with Crippen LogP contribution in [0.5, 0.6) is 0 Å². The Kier molecular flexibility index (Phi) is 14.5. The van der Waals surface area contributed by atoms with E-state index in [9.17, 15) is 0 Å². The molecule has 2 heteroatoms. The van der Waals surface area contributed by atoms with Crippen molar-refractivity contribution < 1.29 is 0 Å². The Morgan fingerprint density at radius 1 is 0.773 bits per heavy atom. The molecule has 0 amide bonds. The van der Waals surface area contributed by atoms with Crippen molar-refractivity contribution in [2.75, 3.05) is 11.5 Å². The second kappa shape index (κ2) is 15.9. The molecule has 0 unspecified atom stereocenters. The van der Waals surface area contributed by atoms with E-state index in [1.165, 1.54) is 95.0 Å². The Balaban J connectivity index is 1.68. The summed E-state index contributed by atoms with van der Waals surface area (Å²) in [7, 11) is 0. The summed E-state index contributed by atoms with van der Waals surface area (Å²) in [4.78, 5) is 1.56. The third kappa shape index (κ3) is 12.6. The highest BCUT2D eigenvalue weighted by Gasteiger charge is 1.96. The molecule has 1 rings (SSSR count). The molecule has 1 heterocycles. The third-order valence-electron chi connectivity index (χ3n) is 4.25. The molecule has 1 aromatic heterocycles. The first-order chi connectivity index (χ1) is 10.9. The van der Waals surface area contributed by atoms with E-state index in [-0.39, 0.29) is 0 Å². The van der Waals surface area contributed by atoms with Gasteiger partial charge in [-0.1, -0.05) is 77.2 Å². The van der Waals surface area contributed by atoms with Crippen LogP contribution in [0.3, 0.4) is 0 Å². The Morgan fingerprint density at radius 2 is 1.32 bits per heavy atom. The van der Waals surface area contributed by atoms with Gasteiger partial charge in [0.2, 0.25) is 0 Å². The van der Waals surface area contributed by atoms with Crippen molar-refractivity contribution >= 4 is 23.1 Å². The predicted molar refractivity (Wildman–Crippen MR) is 106 cm³/mol. The molecular formula is C20H36S2. The third-order valence-corrected chi connectivity index (χ3v) is 6.17. The van der Waals surface area contributed by atoms with Crippen molar-refractivity contribution in [2.45, 2.75) is 90.4 Å². The average molecular weight is 341 g/mol. The molecule has 0 saturated carbocycles. The topological polar surface area (TPSA) is 0 Å². The van der Waals surface area contributed by atoms with Gasteiger partial charge in [-0.25, -0.2) is 0 Å².